The van der Waals surface area contributed by atoms with Crippen LogP contribution >= 0.6 is 0 Å². The molecule has 1 amide bonds. The average molecular weight is 294 g/mol. The Labute approximate surface area is 125 Å². The summed E-state index contributed by atoms with van der Waals surface area (Å²) in [7, 11) is 3.68. The van der Waals surface area contributed by atoms with E-state index in [9.17, 15) is 9.18 Å². The quantitative estimate of drug-likeness (QED) is 0.896. The predicted molar refractivity (Wildman–Crippen MR) is 79.7 cm³/mol. The van der Waals surface area contributed by atoms with E-state index in [-0.39, 0.29) is 11.7 Å². The normalized spacial score (nSPS) is 17.5. The van der Waals surface area contributed by atoms with Crippen molar-refractivity contribution in [3.63, 3.8) is 0 Å². The third-order valence-electron chi connectivity index (χ3n) is 4.20. The van der Waals surface area contributed by atoms with Gasteiger partial charge in [0, 0.05) is 33.4 Å². The zero-order chi connectivity index (χ0) is 15.3. The van der Waals surface area contributed by atoms with Crippen LogP contribution in [0.5, 0.6) is 0 Å². The molecule has 5 heteroatoms. The third kappa shape index (κ3) is 3.41. The number of amides is 1. The minimum atomic E-state index is -0.589. The minimum Gasteiger partial charge on any atom is -0.381 e. The van der Waals surface area contributed by atoms with Gasteiger partial charge in [-0.2, -0.15) is 0 Å². The molecule has 0 aromatic heterocycles. The Bertz CT molecular complexity index is 470. The molecule has 21 heavy (non-hydrogen) atoms. The fourth-order valence-corrected chi connectivity index (χ4v) is 2.86. The highest BCUT2D eigenvalue weighted by Crippen LogP contribution is 2.36. The molecule has 1 aliphatic heterocycles. The summed E-state index contributed by atoms with van der Waals surface area (Å²) in [5, 5.41) is 3.05. The largest absolute Gasteiger partial charge is 0.381 e. The van der Waals surface area contributed by atoms with Gasteiger partial charge in [0.25, 0.3) is 0 Å². The summed E-state index contributed by atoms with van der Waals surface area (Å²) in [6.07, 6.45) is 1.28. The number of nitrogens with zero attached hydrogens (tertiary/aromatic N) is 1. The highest BCUT2D eigenvalue weighted by molar-refractivity contribution is 5.88. The lowest BCUT2D eigenvalue weighted by molar-refractivity contribution is -0.140. The summed E-state index contributed by atoms with van der Waals surface area (Å²) >= 11 is 0. The van der Waals surface area contributed by atoms with Crippen LogP contribution in [0, 0.1) is 5.82 Å². The molecule has 0 bridgehead atoms. The maximum atomic E-state index is 13.2. The molecule has 1 aliphatic rings. The summed E-state index contributed by atoms with van der Waals surface area (Å²) in [6.45, 7) is 2.52. The van der Waals surface area contributed by atoms with Gasteiger partial charge in [0.1, 0.15) is 5.82 Å². The molecule has 0 aliphatic carbocycles. The van der Waals surface area contributed by atoms with Gasteiger partial charge in [0.2, 0.25) is 5.91 Å². The number of likely N-dealkylation sites (N-methyl/N-ethyl adjacent to an activating group) is 2. The average Bonchev–Trinajstić information content (AvgIpc) is 2.53. The number of halogens is 1. The van der Waals surface area contributed by atoms with Crippen molar-refractivity contribution in [2.24, 2.45) is 0 Å². The van der Waals surface area contributed by atoms with Crippen molar-refractivity contribution in [1.82, 2.24) is 10.2 Å². The molecule has 4 nitrogen and oxygen atoms in total. The molecule has 116 valence electrons. The topological polar surface area (TPSA) is 41.6 Å². The van der Waals surface area contributed by atoms with E-state index in [1.54, 1.807) is 17.0 Å². The van der Waals surface area contributed by atoms with E-state index >= 15 is 0 Å². The lowest BCUT2D eigenvalue weighted by Crippen LogP contribution is -2.49. The summed E-state index contributed by atoms with van der Waals surface area (Å²) in [5.74, 6) is -0.190. The fourth-order valence-electron chi connectivity index (χ4n) is 2.86. The van der Waals surface area contributed by atoms with Gasteiger partial charge in [0.15, 0.2) is 0 Å². The maximum absolute atomic E-state index is 13.2. The summed E-state index contributed by atoms with van der Waals surface area (Å²) in [5.41, 5.74) is 0.294. The second-order valence-electron chi connectivity index (χ2n) is 5.53. The van der Waals surface area contributed by atoms with Gasteiger partial charge < -0.3 is 15.0 Å². The van der Waals surface area contributed by atoms with Gasteiger partial charge in [-0.1, -0.05) is 12.1 Å². The predicted octanol–water partition coefficient (Wildman–Crippen LogP) is 1.55. The molecule has 1 aromatic rings. The third-order valence-corrected chi connectivity index (χ3v) is 4.20. The summed E-state index contributed by atoms with van der Waals surface area (Å²) < 4.78 is 18.6. The highest BCUT2D eigenvalue weighted by Gasteiger charge is 2.43. The van der Waals surface area contributed by atoms with Crippen LogP contribution in [0.4, 0.5) is 4.39 Å². The van der Waals surface area contributed by atoms with Crippen molar-refractivity contribution >= 4 is 5.91 Å². The molecule has 0 spiro atoms. The van der Waals surface area contributed by atoms with E-state index in [4.69, 9.17) is 4.74 Å². The number of rotatable bonds is 5. The first-order valence-electron chi connectivity index (χ1n) is 7.34. The second kappa shape index (κ2) is 7.00. The van der Waals surface area contributed by atoms with Crippen molar-refractivity contribution in [2.75, 3.05) is 40.4 Å². The highest BCUT2D eigenvalue weighted by atomic mass is 19.1. The van der Waals surface area contributed by atoms with Crippen LogP contribution in [-0.4, -0.2) is 51.2 Å². The number of carbonyl (C=O) groups excluding carboxylic acids is 1. The van der Waals surface area contributed by atoms with E-state index in [2.05, 4.69) is 5.32 Å². The lowest BCUT2D eigenvalue weighted by Gasteiger charge is -2.39. The Kier molecular flexibility index (Phi) is 5.31. The van der Waals surface area contributed by atoms with E-state index in [0.29, 0.717) is 32.6 Å². The van der Waals surface area contributed by atoms with Crippen molar-refractivity contribution in [3.05, 3.63) is 35.6 Å². The molecule has 1 saturated heterocycles. The minimum absolute atomic E-state index is 0.0904. The number of ether oxygens (including phenoxy) is 1. The second-order valence-corrected chi connectivity index (χ2v) is 5.53. The molecule has 0 unspecified atom stereocenters. The Morgan fingerprint density at radius 3 is 2.52 bits per heavy atom. The SMILES string of the molecule is CNCCN(C)C(=O)C1(c2ccc(F)cc2)CCOCC1. The van der Waals surface area contributed by atoms with Crippen molar-refractivity contribution in [1.29, 1.82) is 0 Å². The molecule has 0 atom stereocenters. The Balaban J connectivity index is 2.28. The van der Waals surface area contributed by atoms with E-state index in [1.807, 2.05) is 14.1 Å². The van der Waals surface area contributed by atoms with Crippen molar-refractivity contribution in [2.45, 2.75) is 18.3 Å². The van der Waals surface area contributed by atoms with Crippen LogP contribution in [0.2, 0.25) is 0 Å². The van der Waals surface area contributed by atoms with Gasteiger partial charge in [-0.15, -0.1) is 0 Å². The number of carbonyl (C=O) groups is 1. The lowest BCUT2D eigenvalue weighted by atomic mass is 9.73. The standard InChI is InChI=1S/C16H23FN2O2/c1-18-9-10-19(2)15(20)16(7-11-21-12-8-16)13-3-5-14(17)6-4-13/h3-6,18H,7-12H2,1-2H3. The zero-order valence-corrected chi connectivity index (χ0v) is 12.7. The molecule has 0 radical (unpaired) electrons. The van der Waals surface area contributed by atoms with E-state index in [1.165, 1.54) is 12.1 Å². The molecular formula is C16H23FN2O2. The first kappa shape index (κ1) is 15.9. The van der Waals surface area contributed by atoms with Crippen molar-refractivity contribution in [3.8, 4) is 0 Å². The Hall–Kier alpha value is -1.46. The molecule has 1 N–H and O–H groups in total. The molecule has 2 rings (SSSR count). The van der Waals surface area contributed by atoms with Crippen LogP contribution in [0.3, 0.4) is 0 Å². The van der Waals surface area contributed by atoms with E-state index < -0.39 is 5.41 Å². The van der Waals surface area contributed by atoms with Crippen LogP contribution in [0.25, 0.3) is 0 Å². The molecule has 0 saturated carbocycles. The van der Waals surface area contributed by atoms with Gasteiger partial charge in [-0.05, 0) is 37.6 Å². The Morgan fingerprint density at radius 1 is 1.33 bits per heavy atom. The first-order valence-corrected chi connectivity index (χ1v) is 7.34. The summed E-state index contributed by atoms with van der Waals surface area (Å²) in [4.78, 5) is 14.7. The first-order chi connectivity index (χ1) is 10.1. The smallest absolute Gasteiger partial charge is 0.233 e. The number of benzene rings is 1. The van der Waals surface area contributed by atoms with E-state index in [0.717, 1.165) is 12.1 Å². The van der Waals surface area contributed by atoms with Gasteiger partial charge in [-0.3, -0.25) is 4.79 Å². The van der Waals surface area contributed by atoms with Crippen LogP contribution in [-0.2, 0) is 14.9 Å². The van der Waals surface area contributed by atoms with Gasteiger partial charge in [-0.25, -0.2) is 4.39 Å². The van der Waals surface area contributed by atoms with Crippen LogP contribution in [0.15, 0.2) is 24.3 Å². The number of nitrogens with one attached hydrogen (secondary N) is 1. The molecule has 1 aromatic carbocycles. The molecule has 1 fully saturated rings. The van der Waals surface area contributed by atoms with Crippen molar-refractivity contribution < 1.29 is 13.9 Å². The van der Waals surface area contributed by atoms with Crippen LogP contribution < -0.4 is 5.32 Å². The van der Waals surface area contributed by atoms with Gasteiger partial charge >= 0.3 is 0 Å². The monoisotopic (exact) mass is 294 g/mol. The molecular weight excluding hydrogens is 271 g/mol. The number of hydrogen-bond acceptors (Lipinski definition) is 3. The fraction of sp³-hybridized carbons (Fsp3) is 0.562. The summed E-state index contributed by atoms with van der Waals surface area (Å²) in [6, 6.07) is 6.30. The van der Waals surface area contributed by atoms with Gasteiger partial charge in [0.05, 0.1) is 5.41 Å². The zero-order valence-electron chi connectivity index (χ0n) is 12.7. The number of hydrogen-bond donors (Lipinski definition) is 1. The molecule has 1 heterocycles. The van der Waals surface area contributed by atoms with Crippen LogP contribution in [0.1, 0.15) is 18.4 Å². The Morgan fingerprint density at radius 2 is 1.95 bits per heavy atom. The maximum Gasteiger partial charge on any atom is 0.233 e.